The molecule has 1 aliphatic heterocycles. The molecule has 2 atom stereocenters. The lowest BCUT2D eigenvalue weighted by atomic mass is 9.92. The highest BCUT2D eigenvalue weighted by atomic mass is 32.3. The predicted octanol–water partition coefficient (Wildman–Crippen LogP) is 3.78. The van der Waals surface area contributed by atoms with Crippen LogP contribution in [0.4, 0.5) is 0 Å². The van der Waals surface area contributed by atoms with Crippen molar-refractivity contribution in [2.45, 2.75) is 48.3 Å². The van der Waals surface area contributed by atoms with Gasteiger partial charge in [0.05, 0.1) is 20.4 Å². The smallest absolute Gasteiger partial charge is 0.201 e. The summed E-state index contributed by atoms with van der Waals surface area (Å²) in [5.74, 6) is 0. The van der Waals surface area contributed by atoms with Gasteiger partial charge in [0.25, 0.3) is 0 Å². The maximum atomic E-state index is 13.5. The molecule has 0 radical (unpaired) electrons. The van der Waals surface area contributed by atoms with Crippen LogP contribution >= 0.6 is 0 Å². The minimum atomic E-state index is -3.80. The van der Waals surface area contributed by atoms with Gasteiger partial charge in [0.15, 0.2) is 4.08 Å². The van der Waals surface area contributed by atoms with Crippen LogP contribution in [0.3, 0.4) is 0 Å². The molecule has 0 spiro atoms. The summed E-state index contributed by atoms with van der Waals surface area (Å²) in [6.07, 6.45) is 0. The second-order valence-corrected chi connectivity index (χ2v) is 11.5. The summed E-state index contributed by atoms with van der Waals surface area (Å²) in [5.41, 5.74) is 3.53. The van der Waals surface area contributed by atoms with Gasteiger partial charge in [-0.15, -0.1) is 0 Å². The summed E-state index contributed by atoms with van der Waals surface area (Å²) in [6, 6.07) is 12.3. The monoisotopic (exact) mass is 362 g/mol. The van der Waals surface area contributed by atoms with Crippen LogP contribution in [0.25, 0.3) is 0 Å². The minimum absolute atomic E-state index is 0.225. The second kappa shape index (κ2) is 5.27. The van der Waals surface area contributed by atoms with Gasteiger partial charge in [-0.2, -0.15) is 0 Å². The standard InChI is InChI=1S/C19H22O3S2/c1-13-11-14(2)17(15(3)12-13)19(18(4,5)23(19)20)24(21,22)16-9-7-6-8-10-16/h6-12H,1-5H3. The first-order valence-electron chi connectivity index (χ1n) is 7.88. The van der Waals surface area contributed by atoms with Crippen molar-refractivity contribution >= 4 is 20.6 Å². The Bertz CT molecular complexity index is 921. The van der Waals surface area contributed by atoms with E-state index in [0.29, 0.717) is 5.56 Å². The molecule has 0 N–H and O–H groups in total. The molecule has 0 aromatic heterocycles. The van der Waals surface area contributed by atoms with Gasteiger partial charge in [-0.25, -0.2) is 8.42 Å². The van der Waals surface area contributed by atoms with Gasteiger partial charge in [-0.05, 0) is 63.4 Å². The summed E-state index contributed by atoms with van der Waals surface area (Å²) in [5, 5.41) is 0. The highest BCUT2D eigenvalue weighted by Gasteiger charge is 2.80. The van der Waals surface area contributed by atoms with Crippen LogP contribution in [0, 0.1) is 20.8 Å². The second-order valence-electron chi connectivity index (χ2n) is 6.99. The molecule has 0 aliphatic carbocycles. The van der Waals surface area contributed by atoms with Crippen molar-refractivity contribution < 1.29 is 12.6 Å². The van der Waals surface area contributed by atoms with Crippen molar-refractivity contribution in [3.05, 3.63) is 64.7 Å². The topological polar surface area (TPSA) is 51.2 Å². The summed E-state index contributed by atoms with van der Waals surface area (Å²) >= 11 is 0. The van der Waals surface area contributed by atoms with Crippen LogP contribution in [0.5, 0.6) is 0 Å². The van der Waals surface area contributed by atoms with E-state index >= 15 is 0 Å². The molecule has 2 aromatic rings. The molecule has 3 rings (SSSR count). The number of hydrogen-bond acceptors (Lipinski definition) is 3. The Morgan fingerprint density at radius 2 is 1.38 bits per heavy atom. The maximum Gasteiger partial charge on any atom is 0.201 e. The van der Waals surface area contributed by atoms with E-state index in [1.54, 1.807) is 44.2 Å². The van der Waals surface area contributed by atoms with E-state index in [1.807, 2.05) is 32.9 Å². The van der Waals surface area contributed by atoms with Crippen LogP contribution in [0.2, 0.25) is 0 Å². The lowest BCUT2D eigenvalue weighted by molar-refractivity contribution is 0.567. The lowest BCUT2D eigenvalue weighted by Gasteiger charge is -2.23. The highest BCUT2D eigenvalue weighted by Crippen LogP contribution is 2.65. The van der Waals surface area contributed by atoms with Gasteiger partial charge in [0.1, 0.15) is 0 Å². The number of benzene rings is 2. The van der Waals surface area contributed by atoms with E-state index in [9.17, 15) is 12.6 Å². The fourth-order valence-corrected chi connectivity index (χ4v) is 9.77. The van der Waals surface area contributed by atoms with Crippen molar-refractivity contribution in [2.24, 2.45) is 0 Å². The number of hydrogen-bond donors (Lipinski definition) is 0. The van der Waals surface area contributed by atoms with Gasteiger partial charge in [-0.1, -0.05) is 35.9 Å². The van der Waals surface area contributed by atoms with E-state index in [2.05, 4.69) is 0 Å². The third-order valence-electron chi connectivity index (χ3n) is 4.91. The molecular weight excluding hydrogens is 340 g/mol. The zero-order valence-electron chi connectivity index (χ0n) is 14.6. The normalized spacial score (nSPS) is 25.5. The fraction of sp³-hybridized carbons (Fsp3) is 0.368. The molecule has 24 heavy (non-hydrogen) atoms. The molecule has 1 aliphatic rings. The molecule has 1 heterocycles. The average Bonchev–Trinajstić information content (AvgIpc) is 2.94. The van der Waals surface area contributed by atoms with Crippen molar-refractivity contribution in [3.63, 3.8) is 0 Å². The predicted molar refractivity (Wildman–Crippen MR) is 98.2 cm³/mol. The van der Waals surface area contributed by atoms with Crippen LogP contribution in [0.15, 0.2) is 47.4 Å². The van der Waals surface area contributed by atoms with Crippen LogP contribution in [0.1, 0.15) is 36.1 Å². The van der Waals surface area contributed by atoms with Crippen molar-refractivity contribution in [1.29, 1.82) is 0 Å². The Morgan fingerprint density at radius 3 is 1.79 bits per heavy atom. The molecule has 0 saturated carbocycles. The summed E-state index contributed by atoms with van der Waals surface area (Å²) < 4.78 is 37.9. The third kappa shape index (κ3) is 2.01. The summed E-state index contributed by atoms with van der Waals surface area (Å²) in [6.45, 7) is 9.36. The largest absolute Gasteiger partial charge is 0.257 e. The maximum absolute atomic E-state index is 13.5. The molecule has 0 bridgehead atoms. The van der Waals surface area contributed by atoms with Crippen LogP contribution in [-0.4, -0.2) is 17.4 Å². The van der Waals surface area contributed by atoms with Crippen LogP contribution < -0.4 is 0 Å². The molecule has 1 fully saturated rings. The van der Waals surface area contributed by atoms with Gasteiger partial charge in [-0.3, -0.25) is 4.21 Å². The Labute approximate surface area is 146 Å². The zero-order valence-corrected chi connectivity index (χ0v) is 16.2. The van der Waals surface area contributed by atoms with E-state index in [1.165, 1.54) is 0 Å². The molecule has 1 saturated heterocycles. The molecule has 128 valence electrons. The van der Waals surface area contributed by atoms with Crippen molar-refractivity contribution in [3.8, 4) is 0 Å². The minimum Gasteiger partial charge on any atom is -0.257 e. The van der Waals surface area contributed by atoms with Gasteiger partial charge >= 0.3 is 0 Å². The van der Waals surface area contributed by atoms with Gasteiger partial charge < -0.3 is 0 Å². The molecule has 2 unspecified atom stereocenters. The number of aryl methyl sites for hydroxylation is 3. The fourth-order valence-electron chi connectivity index (χ4n) is 3.89. The van der Waals surface area contributed by atoms with E-state index in [-0.39, 0.29) is 4.90 Å². The summed E-state index contributed by atoms with van der Waals surface area (Å²) in [4.78, 5) is 0.225. The van der Waals surface area contributed by atoms with Crippen LogP contribution in [-0.2, 0) is 24.7 Å². The molecule has 3 nitrogen and oxygen atoms in total. The lowest BCUT2D eigenvalue weighted by Crippen LogP contribution is -2.31. The first kappa shape index (κ1) is 17.4. The molecular formula is C19H22O3S2. The Hall–Kier alpha value is -1.46. The van der Waals surface area contributed by atoms with E-state index < -0.39 is 29.5 Å². The number of sulfone groups is 1. The molecule has 5 heteroatoms. The van der Waals surface area contributed by atoms with E-state index in [4.69, 9.17) is 0 Å². The quantitative estimate of drug-likeness (QED) is 0.781. The van der Waals surface area contributed by atoms with Crippen molar-refractivity contribution in [2.75, 3.05) is 0 Å². The summed E-state index contributed by atoms with van der Waals surface area (Å²) in [7, 11) is -5.30. The van der Waals surface area contributed by atoms with Gasteiger partial charge in [0, 0.05) is 0 Å². The Morgan fingerprint density at radius 1 is 0.917 bits per heavy atom. The van der Waals surface area contributed by atoms with Gasteiger partial charge in [0.2, 0.25) is 9.84 Å². The Kier molecular flexibility index (Phi) is 3.81. The Balaban J connectivity index is 2.38. The average molecular weight is 363 g/mol. The molecule has 2 aromatic carbocycles. The van der Waals surface area contributed by atoms with E-state index in [0.717, 1.165) is 16.7 Å². The first-order chi connectivity index (χ1) is 11.1. The SMILES string of the molecule is Cc1cc(C)c(C2(S(=O)(=O)c3ccccc3)S(=O)C2(C)C)c(C)c1. The zero-order chi connectivity index (χ0) is 17.9. The third-order valence-corrected chi connectivity index (χ3v) is 10.8. The van der Waals surface area contributed by atoms with Crippen molar-refractivity contribution in [1.82, 2.24) is 0 Å². The first-order valence-corrected chi connectivity index (χ1v) is 10.5. The molecule has 0 amide bonds. The number of rotatable bonds is 3. The highest BCUT2D eigenvalue weighted by molar-refractivity contribution is 8.14.